The first-order valence-electron chi connectivity index (χ1n) is 5.23. The van der Waals surface area contributed by atoms with E-state index in [0.717, 1.165) is 12.8 Å². The highest BCUT2D eigenvalue weighted by Gasteiger charge is 2.24. The van der Waals surface area contributed by atoms with E-state index in [1.165, 1.54) is 12.7 Å². The van der Waals surface area contributed by atoms with Gasteiger partial charge in [0.2, 0.25) is 0 Å². The molecule has 0 amide bonds. The molecule has 1 aromatic rings. The van der Waals surface area contributed by atoms with Crippen molar-refractivity contribution in [2.75, 3.05) is 11.6 Å². The minimum absolute atomic E-state index is 0.148. The molecule has 2 unspecified atom stereocenters. The third kappa shape index (κ3) is 2.52. The van der Waals surface area contributed by atoms with Crippen LogP contribution in [0.4, 0.5) is 5.82 Å². The van der Waals surface area contributed by atoms with E-state index in [4.69, 9.17) is 11.6 Å². The molecular formula is C10H14ClN3OS. The third-order valence-corrected chi connectivity index (χ3v) is 4.30. The molecule has 88 valence electrons. The third-order valence-electron chi connectivity index (χ3n) is 2.86. The average Bonchev–Trinajstić information content (AvgIpc) is 2.73. The first-order chi connectivity index (χ1) is 7.70. The molecule has 6 heteroatoms. The zero-order valence-electron chi connectivity index (χ0n) is 9.00. The van der Waals surface area contributed by atoms with Crippen molar-refractivity contribution in [2.45, 2.75) is 30.6 Å². The molecule has 1 aliphatic rings. The second-order valence-corrected chi connectivity index (χ2v) is 5.42. The molecule has 0 radical (unpaired) electrons. The van der Waals surface area contributed by atoms with Gasteiger partial charge in [-0.3, -0.25) is 4.79 Å². The van der Waals surface area contributed by atoms with Gasteiger partial charge >= 0.3 is 0 Å². The van der Waals surface area contributed by atoms with Crippen LogP contribution in [0.1, 0.15) is 19.3 Å². The number of aromatic nitrogens is 2. The van der Waals surface area contributed by atoms with Crippen molar-refractivity contribution in [3.63, 3.8) is 0 Å². The van der Waals surface area contributed by atoms with Gasteiger partial charge in [-0.05, 0) is 25.5 Å². The summed E-state index contributed by atoms with van der Waals surface area (Å²) in [6, 6.07) is 0.379. The highest BCUT2D eigenvalue weighted by molar-refractivity contribution is 7.99. The van der Waals surface area contributed by atoms with Gasteiger partial charge in [0.15, 0.2) is 5.82 Å². The Hall–Kier alpha value is -0.680. The van der Waals surface area contributed by atoms with E-state index >= 15 is 0 Å². The summed E-state index contributed by atoms with van der Waals surface area (Å²) >= 11 is 7.76. The van der Waals surface area contributed by atoms with E-state index in [1.807, 2.05) is 11.8 Å². The lowest BCUT2D eigenvalue weighted by atomic mass is 10.2. The topological polar surface area (TPSA) is 57.8 Å². The fraction of sp³-hybridized carbons (Fsp3) is 0.600. The van der Waals surface area contributed by atoms with Crippen molar-refractivity contribution >= 4 is 29.2 Å². The van der Waals surface area contributed by atoms with Gasteiger partial charge in [0.05, 0.1) is 6.33 Å². The van der Waals surface area contributed by atoms with Crippen LogP contribution in [-0.2, 0) is 0 Å². The normalized spacial score (nSPS) is 24.6. The number of halogens is 1. The molecule has 0 aromatic carbocycles. The number of nitrogens with zero attached hydrogens (tertiary/aromatic N) is 1. The maximum absolute atomic E-state index is 11.3. The maximum Gasteiger partial charge on any atom is 0.271 e. The zero-order chi connectivity index (χ0) is 11.5. The van der Waals surface area contributed by atoms with Crippen LogP contribution in [-0.4, -0.2) is 27.5 Å². The number of anilines is 1. The molecule has 0 spiro atoms. The predicted octanol–water partition coefficient (Wildman–Crippen LogP) is 2.12. The minimum Gasteiger partial charge on any atom is -0.366 e. The molecule has 2 atom stereocenters. The Morgan fingerprint density at radius 3 is 3.12 bits per heavy atom. The summed E-state index contributed by atoms with van der Waals surface area (Å²) in [6.07, 6.45) is 6.92. The molecule has 2 rings (SSSR count). The van der Waals surface area contributed by atoms with E-state index in [9.17, 15) is 4.79 Å². The van der Waals surface area contributed by atoms with Crippen LogP contribution in [0.5, 0.6) is 0 Å². The molecule has 1 aromatic heterocycles. The second kappa shape index (κ2) is 5.10. The predicted molar refractivity (Wildman–Crippen MR) is 68.4 cm³/mol. The molecule has 2 N–H and O–H groups in total. The van der Waals surface area contributed by atoms with E-state index in [1.54, 1.807) is 0 Å². The quantitative estimate of drug-likeness (QED) is 0.873. The highest BCUT2D eigenvalue weighted by atomic mass is 35.5. The first-order valence-corrected chi connectivity index (χ1v) is 6.90. The molecule has 0 saturated heterocycles. The van der Waals surface area contributed by atoms with Crippen LogP contribution < -0.4 is 10.9 Å². The van der Waals surface area contributed by atoms with Crippen LogP contribution in [0.15, 0.2) is 11.1 Å². The van der Waals surface area contributed by atoms with Crippen molar-refractivity contribution < 1.29 is 0 Å². The van der Waals surface area contributed by atoms with Crippen LogP contribution in [0.3, 0.4) is 0 Å². The second-order valence-electron chi connectivity index (χ2n) is 3.91. The smallest absolute Gasteiger partial charge is 0.271 e. The number of H-pyrrole nitrogens is 1. The van der Waals surface area contributed by atoms with E-state index in [2.05, 4.69) is 21.5 Å². The maximum atomic E-state index is 11.3. The van der Waals surface area contributed by atoms with Crippen molar-refractivity contribution in [3.05, 3.63) is 21.7 Å². The number of hydrogen-bond donors (Lipinski definition) is 2. The van der Waals surface area contributed by atoms with Gasteiger partial charge in [-0.1, -0.05) is 11.6 Å². The van der Waals surface area contributed by atoms with Crippen molar-refractivity contribution in [1.82, 2.24) is 9.97 Å². The molecule has 1 aliphatic carbocycles. The van der Waals surface area contributed by atoms with Gasteiger partial charge in [0.25, 0.3) is 5.56 Å². The number of rotatable bonds is 3. The Morgan fingerprint density at radius 1 is 1.62 bits per heavy atom. The Labute approximate surface area is 103 Å². The van der Waals surface area contributed by atoms with Crippen molar-refractivity contribution in [1.29, 1.82) is 0 Å². The largest absolute Gasteiger partial charge is 0.366 e. The molecule has 16 heavy (non-hydrogen) atoms. The van der Waals surface area contributed by atoms with E-state index in [-0.39, 0.29) is 10.6 Å². The number of hydrogen-bond acceptors (Lipinski definition) is 4. The summed E-state index contributed by atoms with van der Waals surface area (Å²) in [5.74, 6) is 0.497. The minimum atomic E-state index is -0.293. The molecule has 0 aliphatic heterocycles. The summed E-state index contributed by atoms with van der Waals surface area (Å²) in [7, 11) is 0. The van der Waals surface area contributed by atoms with Crippen LogP contribution >= 0.6 is 23.4 Å². The molecule has 1 saturated carbocycles. The highest BCUT2D eigenvalue weighted by Crippen LogP contribution is 2.30. The van der Waals surface area contributed by atoms with Gasteiger partial charge in [0.1, 0.15) is 5.02 Å². The Morgan fingerprint density at radius 2 is 2.44 bits per heavy atom. The number of aromatic amines is 1. The molecule has 1 fully saturated rings. The molecule has 4 nitrogen and oxygen atoms in total. The standard InChI is InChI=1S/C10H14ClN3OS/c1-16-7-3-2-6(4-7)14-9-8(11)10(15)13-5-12-9/h5-7H,2-4H2,1H3,(H2,12,13,14,15). The SMILES string of the molecule is CSC1CCC(Nc2nc[nH]c(=O)c2Cl)C1. The van der Waals surface area contributed by atoms with Gasteiger partial charge in [-0.25, -0.2) is 4.98 Å². The van der Waals surface area contributed by atoms with E-state index < -0.39 is 0 Å². The number of nitrogens with one attached hydrogen (secondary N) is 2. The summed E-state index contributed by atoms with van der Waals surface area (Å²) in [6.45, 7) is 0. The summed E-state index contributed by atoms with van der Waals surface area (Å²) in [5.41, 5.74) is -0.293. The van der Waals surface area contributed by atoms with Gasteiger partial charge in [-0.2, -0.15) is 11.8 Å². The Kier molecular flexibility index (Phi) is 3.76. The van der Waals surface area contributed by atoms with Crippen molar-refractivity contribution in [3.8, 4) is 0 Å². The molecule has 0 bridgehead atoms. The van der Waals surface area contributed by atoms with Gasteiger partial charge in [0, 0.05) is 11.3 Å². The first kappa shape index (κ1) is 11.8. The van der Waals surface area contributed by atoms with Gasteiger partial charge in [-0.15, -0.1) is 0 Å². The fourth-order valence-corrected chi connectivity index (χ4v) is 2.92. The van der Waals surface area contributed by atoms with Crippen molar-refractivity contribution in [2.24, 2.45) is 0 Å². The van der Waals surface area contributed by atoms with Crippen LogP contribution in [0.25, 0.3) is 0 Å². The lowest BCUT2D eigenvalue weighted by Crippen LogP contribution is -2.20. The zero-order valence-corrected chi connectivity index (χ0v) is 10.6. The lowest BCUT2D eigenvalue weighted by molar-refractivity contribution is 0.751. The fourth-order valence-electron chi connectivity index (χ4n) is 1.96. The van der Waals surface area contributed by atoms with Gasteiger partial charge < -0.3 is 10.3 Å². The van der Waals surface area contributed by atoms with E-state index in [0.29, 0.717) is 17.1 Å². The number of thioether (sulfide) groups is 1. The Bertz CT molecular complexity index is 423. The van der Waals surface area contributed by atoms with Crippen LogP contribution in [0.2, 0.25) is 5.02 Å². The summed E-state index contributed by atoms with van der Waals surface area (Å²) in [5, 5.41) is 4.09. The van der Waals surface area contributed by atoms with Crippen LogP contribution in [0, 0.1) is 0 Å². The molecular weight excluding hydrogens is 246 g/mol. The summed E-state index contributed by atoms with van der Waals surface area (Å²) < 4.78 is 0. The monoisotopic (exact) mass is 259 g/mol. The molecule has 1 heterocycles. The average molecular weight is 260 g/mol. The lowest BCUT2D eigenvalue weighted by Gasteiger charge is -2.13. The Balaban J connectivity index is 2.05. The summed E-state index contributed by atoms with van der Waals surface area (Å²) in [4.78, 5) is 17.8.